The Morgan fingerprint density at radius 1 is 1.17 bits per heavy atom. The molecule has 2 aliphatic rings. The third-order valence-electron chi connectivity index (χ3n) is 6.23. The van der Waals surface area contributed by atoms with Gasteiger partial charge in [-0.2, -0.15) is 0 Å². The van der Waals surface area contributed by atoms with Gasteiger partial charge >= 0.3 is 5.97 Å². The minimum absolute atomic E-state index is 0.0843. The van der Waals surface area contributed by atoms with Gasteiger partial charge in [0.15, 0.2) is 0 Å². The Morgan fingerprint density at radius 3 is 2.57 bits per heavy atom. The maximum atomic E-state index is 12.5. The van der Waals surface area contributed by atoms with Crippen molar-refractivity contribution in [2.75, 3.05) is 6.61 Å². The first-order valence-corrected chi connectivity index (χ1v) is 8.85. The molecule has 0 heterocycles. The van der Waals surface area contributed by atoms with E-state index in [0.29, 0.717) is 5.56 Å². The van der Waals surface area contributed by atoms with Crippen LogP contribution in [0.4, 0.5) is 0 Å². The van der Waals surface area contributed by atoms with Gasteiger partial charge in [0.25, 0.3) is 0 Å². The molecule has 0 saturated heterocycles. The summed E-state index contributed by atoms with van der Waals surface area (Å²) in [6.45, 7) is 4.67. The molecule has 0 bridgehead atoms. The molecule has 4 atom stereocenters. The van der Waals surface area contributed by atoms with Gasteiger partial charge in [-0.15, -0.1) is 0 Å². The van der Waals surface area contributed by atoms with E-state index in [1.165, 1.54) is 12.8 Å². The molecule has 0 unspecified atom stereocenters. The molecule has 3 rings (SSSR count). The monoisotopic (exact) mass is 316 g/mol. The standard InChI is InChI=1S/C20H28O3/c1-19-11-6-10-16(17(19)20(2,14-21)13-7-12-19)23-18(22)15-8-4-3-5-9-15/h3-5,8-9,16-17,21H,6-7,10-14H2,1-2H3/t16-,17-,19+,20+/m1/s1. The molecule has 2 saturated carbocycles. The molecule has 1 aromatic rings. The number of rotatable bonds is 3. The number of esters is 1. The van der Waals surface area contributed by atoms with E-state index in [9.17, 15) is 9.90 Å². The van der Waals surface area contributed by atoms with Crippen LogP contribution in [0.15, 0.2) is 30.3 Å². The number of carbonyl (C=O) groups excluding carboxylic acids is 1. The Morgan fingerprint density at radius 2 is 1.87 bits per heavy atom. The van der Waals surface area contributed by atoms with Crippen LogP contribution < -0.4 is 0 Å². The number of hydrogen-bond donors (Lipinski definition) is 1. The minimum atomic E-state index is -0.231. The van der Waals surface area contributed by atoms with Crippen molar-refractivity contribution in [3.63, 3.8) is 0 Å². The van der Waals surface area contributed by atoms with Crippen LogP contribution in [0.1, 0.15) is 62.7 Å². The summed E-state index contributed by atoms with van der Waals surface area (Å²) in [5.41, 5.74) is 0.645. The first kappa shape index (κ1) is 16.5. The number of fused-ring (bicyclic) bond motifs is 1. The van der Waals surface area contributed by atoms with E-state index in [1.807, 2.05) is 18.2 Å². The molecule has 0 radical (unpaired) electrons. The second-order valence-electron chi connectivity index (χ2n) is 8.00. The van der Waals surface area contributed by atoms with Gasteiger partial charge in [0, 0.05) is 12.5 Å². The zero-order valence-corrected chi connectivity index (χ0v) is 14.3. The van der Waals surface area contributed by atoms with Gasteiger partial charge in [-0.1, -0.05) is 38.5 Å². The molecule has 2 aliphatic carbocycles. The topological polar surface area (TPSA) is 46.5 Å². The summed E-state index contributed by atoms with van der Waals surface area (Å²) < 4.78 is 5.96. The van der Waals surface area contributed by atoms with E-state index in [2.05, 4.69) is 13.8 Å². The fourth-order valence-corrected chi connectivity index (χ4v) is 5.18. The lowest BCUT2D eigenvalue weighted by Gasteiger charge is -2.56. The van der Waals surface area contributed by atoms with Crippen molar-refractivity contribution in [2.45, 2.75) is 58.5 Å². The van der Waals surface area contributed by atoms with Crippen molar-refractivity contribution in [2.24, 2.45) is 16.7 Å². The van der Waals surface area contributed by atoms with E-state index < -0.39 is 0 Å². The van der Waals surface area contributed by atoms with Crippen molar-refractivity contribution < 1.29 is 14.6 Å². The van der Waals surface area contributed by atoms with Crippen molar-refractivity contribution >= 4 is 5.97 Å². The zero-order valence-electron chi connectivity index (χ0n) is 14.3. The zero-order chi connectivity index (χ0) is 16.5. The normalized spacial score (nSPS) is 37.0. The first-order valence-electron chi connectivity index (χ1n) is 8.85. The van der Waals surface area contributed by atoms with Crippen LogP contribution in [0.2, 0.25) is 0 Å². The largest absolute Gasteiger partial charge is 0.458 e. The third-order valence-corrected chi connectivity index (χ3v) is 6.23. The Bertz CT molecular complexity index is 540. The lowest BCUT2D eigenvalue weighted by Crippen LogP contribution is -2.54. The van der Waals surface area contributed by atoms with E-state index >= 15 is 0 Å². The number of aliphatic hydroxyl groups excluding tert-OH is 1. The fraction of sp³-hybridized carbons (Fsp3) is 0.650. The smallest absolute Gasteiger partial charge is 0.338 e. The molecular formula is C20H28O3. The van der Waals surface area contributed by atoms with Crippen molar-refractivity contribution in [1.82, 2.24) is 0 Å². The van der Waals surface area contributed by atoms with Gasteiger partial charge in [-0.25, -0.2) is 4.79 Å². The van der Waals surface area contributed by atoms with Gasteiger partial charge in [0.05, 0.1) is 5.56 Å². The highest BCUT2D eigenvalue weighted by atomic mass is 16.5. The molecule has 2 fully saturated rings. The molecule has 0 aromatic heterocycles. The molecule has 3 nitrogen and oxygen atoms in total. The Hall–Kier alpha value is -1.35. The maximum Gasteiger partial charge on any atom is 0.338 e. The summed E-state index contributed by atoms with van der Waals surface area (Å²) in [4.78, 5) is 12.5. The summed E-state index contributed by atoms with van der Waals surface area (Å²) in [5, 5.41) is 10.0. The van der Waals surface area contributed by atoms with Crippen LogP contribution >= 0.6 is 0 Å². The average molecular weight is 316 g/mol. The van der Waals surface area contributed by atoms with Crippen LogP contribution in [0, 0.1) is 16.7 Å². The van der Waals surface area contributed by atoms with E-state index in [-0.39, 0.29) is 35.4 Å². The van der Waals surface area contributed by atoms with E-state index in [4.69, 9.17) is 4.74 Å². The summed E-state index contributed by atoms with van der Waals surface area (Å²) in [5.74, 6) is 0.0147. The first-order chi connectivity index (χ1) is 11.0. The Kier molecular flexibility index (Phi) is 4.50. The second-order valence-corrected chi connectivity index (χ2v) is 8.00. The van der Waals surface area contributed by atoms with Crippen LogP contribution in [0.5, 0.6) is 0 Å². The molecule has 23 heavy (non-hydrogen) atoms. The fourth-order valence-electron chi connectivity index (χ4n) is 5.18. The van der Waals surface area contributed by atoms with E-state index in [0.717, 1.165) is 25.7 Å². The number of hydrogen-bond acceptors (Lipinski definition) is 3. The molecule has 1 N–H and O–H groups in total. The predicted octanol–water partition coefficient (Wildman–Crippen LogP) is 4.20. The molecule has 3 heteroatoms. The number of aliphatic hydroxyl groups is 1. The van der Waals surface area contributed by atoms with Crippen molar-refractivity contribution in [1.29, 1.82) is 0 Å². The molecule has 126 valence electrons. The number of ether oxygens (including phenoxy) is 1. The summed E-state index contributed by atoms with van der Waals surface area (Å²) >= 11 is 0. The molecular weight excluding hydrogens is 288 g/mol. The molecule has 0 amide bonds. The second kappa shape index (κ2) is 6.27. The highest BCUT2D eigenvalue weighted by Crippen LogP contribution is 2.58. The minimum Gasteiger partial charge on any atom is -0.458 e. The number of benzene rings is 1. The van der Waals surface area contributed by atoms with Crippen LogP contribution in [-0.2, 0) is 4.74 Å². The average Bonchev–Trinajstić information content (AvgIpc) is 2.55. The summed E-state index contributed by atoms with van der Waals surface area (Å²) in [6, 6.07) is 9.23. The third kappa shape index (κ3) is 3.03. The molecule has 0 spiro atoms. The lowest BCUT2D eigenvalue weighted by atomic mass is 9.50. The van der Waals surface area contributed by atoms with Crippen LogP contribution in [-0.4, -0.2) is 23.8 Å². The molecule has 0 aliphatic heterocycles. The van der Waals surface area contributed by atoms with Gasteiger partial charge in [-0.05, 0) is 55.1 Å². The van der Waals surface area contributed by atoms with Gasteiger partial charge in [0.1, 0.15) is 6.10 Å². The van der Waals surface area contributed by atoms with Gasteiger partial charge in [-0.3, -0.25) is 0 Å². The number of carbonyl (C=O) groups is 1. The Balaban J connectivity index is 1.84. The van der Waals surface area contributed by atoms with Crippen molar-refractivity contribution in [3.8, 4) is 0 Å². The van der Waals surface area contributed by atoms with E-state index in [1.54, 1.807) is 12.1 Å². The van der Waals surface area contributed by atoms with Gasteiger partial charge in [0.2, 0.25) is 0 Å². The lowest BCUT2D eigenvalue weighted by molar-refractivity contribution is -0.135. The Labute approximate surface area is 139 Å². The predicted molar refractivity (Wildman–Crippen MR) is 90.1 cm³/mol. The van der Waals surface area contributed by atoms with Crippen LogP contribution in [0.3, 0.4) is 0 Å². The summed E-state index contributed by atoms with van der Waals surface area (Å²) in [7, 11) is 0. The highest BCUT2D eigenvalue weighted by molar-refractivity contribution is 5.89. The SMILES string of the molecule is C[C@@]12CCC[C@@H](OC(=O)c3ccccc3)[C@H]1[C@](C)(CO)CCC2. The quantitative estimate of drug-likeness (QED) is 0.850. The molecule has 1 aromatic carbocycles. The van der Waals surface area contributed by atoms with Crippen molar-refractivity contribution in [3.05, 3.63) is 35.9 Å². The highest BCUT2D eigenvalue weighted by Gasteiger charge is 2.54. The maximum absolute atomic E-state index is 12.5. The summed E-state index contributed by atoms with van der Waals surface area (Å²) in [6.07, 6.45) is 6.44. The van der Waals surface area contributed by atoms with Gasteiger partial charge < -0.3 is 9.84 Å². The van der Waals surface area contributed by atoms with Crippen LogP contribution in [0.25, 0.3) is 0 Å².